The second kappa shape index (κ2) is 4.62. The molecular weight excluding hydrogens is 268 g/mol. The van der Waals surface area contributed by atoms with E-state index in [4.69, 9.17) is 0 Å². The van der Waals surface area contributed by atoms with E-state index in [-0.39, 0.29) is 12.5 Å². The van der Waals surface area contributed by atoms with E-state index in [1.807, 2.05) is 26.0 Å². The van der Waals surface area contributed by atoms with Crippen LogP contribution in [0.3, 0.4) is 0 Å². The van der Waals surface area contributed by atoms with E-state index in [2.05, 4.69) is 0 Å². The molecule has 0 atom stereocenters. The molecule has 21 heavy (non-hydrogen) atoms. The van der Waals surface area contributed by atoms with Crippen LogP contribution in [0.4, 0.5) is 0 Å². The van der Waals surface area contributed by atoms with Crippen molar-refractivity contribution in [3.05, 3.63) is 34.5 Å². The number of carbonyl (C=O) groups is 2. The summed E-state index contributed by atoms with van der Waals surface area (Å²) in [6.45, 7) is 4.47. The van der Waals surface area contributed by atoms with Gasteiger partial charge in [0.2, 0.25) is 0 Å². The van der Waals surface area contributed by atoms with Crippen molar-refractivity contribution in [3.63, 3.8) is 0 Å². The first kappa shape index (κ1) is 13.7. The van der Waals surface area contributed by atoms with Gasteiger partial charge in [0.25, 0.3) is 5.91 Å². The number of aromatic nitrogens is 1. The minimum Gasteiger partial charge on any atom is -0.480 e. The Bertz CT molecular complexity index is 774. The van der Waals surface area contributed by atoms with Crippen molar-refractivity contribution < 1.29 is 14.7 Å². The molecule has 2 aromatic rings. The number of benzene rings is 1. The molecule has 5 nitrogen and oxygen atoms in total. The van der Waals surface area contributed by atoms with Crippen LogP contribution in [-0.4, -0.2) is 40.0 Å². The lowest BCUT2D eigenvalue weighted by molar-refractivity contribution is -0.137. The Balaban J connectivity index is 2.41. The number of aliphatic carboxylic acids is 1. The molecule has 1 amide bonds. The number of amides is 1. The molecule has 0 unspecified atom stereocenters. The van der Waals surface area contributed by atoms with Gasteiger partial charge >= 0.3 is 5.97 Å². The molecule has 1 aromatic carbocycles. The number of nitrogens with zero attached hydrogens (tertiary/aromatic N) is 2. The van der Waals surface area contributed by atoms with Gasteiger partial charge in [-0.25, -0.2) is 0 Å². The maximum Gasteiger partial charge on any atom is 0.323 e. The molecule has 0 bridgehead atoms. The Morgan fingerprint density at radius 2 is 2.05 bits per heavy atom. The Kier molecular flexibility index (Phi) is 3.01. The van der Waals surface area contributed by atoms with Gasteiger partial charge in [-0.2, -0.15) is 0 Å². The van der Waals surface area contributed by atoms with Gasteiger partial charge in [-0.05, 0) is 37.0 Å². The summed E-state index contributed by atoms with van der Waals surface area (Å²) in [5.74, 6) is -1.03. The number of carboxylic acid groups (broad SMARTS) is 1. The van der Waals surface area contributed by atoms with Crippen LogP contribution in [-0.2, 0) is 17.8 Å². The van der Waals surface area contributed by atoms with Crippen molar-refractivity contribution >= 4 is 22.8 Å². The first-order valence-corrected chi connectivity index (χ1v) is 7.00. The summed E-state index contributed by atoms with van der Waals surface area (Å²) in [5.41, 5.74) is 4.54. The number of carbonyl (C=O) groups excluding carboxylic acids is 1. The number of hydrogen-bond donors (Lipinski definition) is 1. The molecule has 1 aliphatic heterocycles. The first-order valence-electron chi connectivity index (χ1n) is 7.00. The summed E-state index contributed by atoms with van der Waals surface area (Å²) >= 11 is 0. The molecule has 5 heteroatoms. The summed E-state index contributed by atoms with van der Waals surface area (Å²) in [5, 5.41) is 10.2. The van der Waals surface area contributed by atoms with Crippen molar-refractivity contribution in [2.24, 2.45) is 0 Å². The Morgan fingerprint density at radius 1 is 1.33 bits per heavy atom. The zero-order chi connectivity index (χ0) is 15.3. The summed E-state index contributed by atoms with van der Waals surface area (Å²) in [6.07, 6.45) is 0.767. The molecule has 1 aromatic heterocycles. The Morgan fingerprint density at radius 3 is 2.71 bits per heavy atom. The molecule has 0 spiro atoms. The normalized spacial score (nSPS) is 14.6. The molecule has 0 saturated carbocycles. The minimum absolute atomic E-state index is 0.0919. The van der Waals surface area contributed by atoms with E-state index >= 15 is 0 Å². The van der Waals surface area contributed by atoms with E-state index < -0.39 is 5.97 Å². The number of carboxylic acids is 1. The molecular formula is C16H18N2O3. The summed E-state index contributed by atoms with van der Waals surface area (Å²) in [6, 6.07) is 4.04. The molecule has 0 radical (unpaired) electrons. The van der Waals surface area contributed by atoms with Crippen LogP contribution in [0.5, 0.6) is 0 Å². The SMILES string of the molecule is Cc1ccc2c3c(n(CC(=O)O)c2c1C)C(=O)N(C)CC3. The lowest BCUT2D eigenvalue weighted by Gasteiger charge is -2.24. The highest BCUT2D eigenvalue weighted by atomic mass is 16.4. The standard InChI is InChI=1S/C16H18N2O3/c1-9-4-5-11-12-6-7-17(3)16(21)15(12)18(8-13(19)20)14(11)10(9)2/h4-5H,6-8H2,1-3H3,(H,19,20). The number of aryl methyl sites for hydroxylation is 2. The highest BCUT2D eigenvalue weighted by molar-refractivity contribution is 6.04. The fourth-order valence-electron chi connectivity index (χ4n) is 3.15. The molecule has 1 aliphatic rings. The monoisotopic (exact) mass is 286 g/mol. The molecule has 0 fully saturated rings. The second-order valence-electron chi connectivity index (χ2n) is 5.69. The number of rotatable bonds is 2. The van der Waals surface area contributed by atoms with Crippen molar-refractivity contribution in [2.45, 2.75) is 26.8 Å². The zero-order valence-electron chi connectivity index (χ0n) is 12.4. The number of hydrogen-bond acceptors (Lipinski definition) is 2. The minimum atomic E-state index is -0.934. The van der Waals surface area contributed by atoms with Crippen LogP contribution in [0.2, 0.25) is 0 Å². The van der Waals surface area contributed by atoms with Gasteiger partial charge in [0.15, 0.2) is 0 Å². The van der Waals surface area contributed by atoms with Crippen molar-refractivity contribution in [1.82, 2.24) is 9.47 Å². The zero-order valence-corrected chi connectivity index (χ0v) is 12.4. The van der Waals surface area contributed by atoms with Crippen LogP contribution in [0.1, 0.15) is 27.2 Å². The van der Waals surface area contributed by atoms with E-state index in [1.54, 1.807) is 16.5 Å². The fraction of sp³-hybridized carbons (Fsp3) is 0.375. The van der Waals surface area contributed by atoms with Gasteiger partial charge in [-0.3, -0.25) is 9.59 Å². The average molecular weight is 286 g/mol. The third kappa shape index (κ3) is 1.92. The smallest absolute Gasteiger partial charge is 0.323 e. The average Bonchev–Trinajstić information content (AvgIpc) is 2.73. The predicted octanol–water partition coefficient (Wildman–Crippen LogP) is 1.97. The highest BCUT2D eigenvalue weighted by Crippen LogP contribution is 2.33. The predicted molar refractivity (Wildman–Crippen MR) is 79.7 cm³/mol. The van der Waals surface area contributed by atoms with Crippen molar-refractivity contribution in [2.75, 3.05) is 13.6 Å². The summed E-state index contributed by atoms with van der Waals surface area (Å²) in [7, 11) is 1.76. The largest absolute Gasteiger partial charge is 0.480 e. The van der Waals surface area contributed by atoms with Gasteiger partial charge in [0.1, 0.15) is 12.2 Å². The lowest BCUT2D eigenvalue weighted by Crippen LogP contribution is -2.35. The Hall–Kier alpha value is -2.30. The molecule has 1 N–H and O–H groups in total. The first-order chi connectivity index (χ1) is 9.91. The van der Waals surface area contributed by atoms with E-state index in [0.717, 1.165) is 34.0 Å². The van der Waals surface area contributed by atoms with E-state index in [0.29, 0.717) is 12.2 Å². The van der Waals surface area contributed by atoms with Crippen LogP contribution in [0.15, 0.2) is 12.1 Å². The van der Waals surface area contributed by atoms with Gasteiger partial charge in [0.05, 0.1) is 5.52 Å². The van der Waals surface area contributed by atoms with Gasteiger partial charge in [-0.15, -0.1) is 0 Å². The number of likely N-dealkylation sites (N-methyl/N-ethyl adjacent to an activating group) is 1. The maximum atomic E-state index is 12.5. The van der Waals surface area contributed by atoms with E-state index in [1.165, 1.54) is 0 Å². The number of fused-ring (bicyclic) bond motifs is 3. The summed E-state index contributed by atoms with van der Waals surface area (Å²) < 4.78 is 1.67. The second-order valence-corrected chi connectivity index (χ2v) is 5.69. The van der Waals surface area contributed by atoms with Crippen LogP contribution in [0, 0.1) is 13.8 Å². The molecule has 3 rings (SSSR count). The molecule has 0 aliphatic carbocycles. The van der Waals surface area contributed by atoms with E-state index in [9.17, 15) is 14.7 Å². The Labute approximate surface area is 122 Å². The quantitative estimate of drug-likeness (QED) is 0.918. The maximum absolute atomic E-state index is 12.5. The third-order valence-electron chi connectivity index (χ3n) is 4.39. The lowest BCUT2D eigenvalue weighted by atomic mass is 10.0. The highest BCUT2D eigenvalue weighted by Gasteiger charge is 2.30. The fourth-order valence-corrected chi connectivity index (χ4v) is 3.15. The van der Waals surface area contributed by atoms with Crippen LogP contribution >= 0.6 is 0 Å². The van der Waals surface area contributed by atoms with Gasteiger partial charge in [0, 0.05) is 19.0 Å². The van der Waals surface area contributed by atoms with Gasteiger partial charge in [-0.1, -0.05) is 12.1 Å². The van der Waals surface area contributed by atoms with Gasteiger partial charge < -0.3 is 14.6 Å². The van der Waals surface area contributed by atoms with Crippen LogP contribution < -0.4 is 0 Å². The molecule has 110 valence electrons. The third-order valence-corrected chi connectivity index (χ3v) is 4.39. The topological polar surface area (TPSA) is 62.5 Å². The molecule has 0 saturated heterocycles. The summed E-state index contributed by atoms with van der Waals surface area (Å²) in [4.78, 5) is 25.4. The van der Waals surface area contributed by atoms with Crippen LogP contribution in [0.25, 0.3) is 10.9 Å². The van der Waals surface area contributed by atoms with Crippen molar-refractivity contribution in [3.8, 4) is 0 Å². The molecule has 2 heterocycles. The van der Waals surface area contributed by atoms with Crippen molar-refractivity contribution in [1.29, 1.82) is 0 Å².